The summed E-state index contributed by atoms with van der Waals surface area (Å²) in [4.78, 5) is 36.0. The molecule has 0 saturated carbocycles. The second-order valence-corrected chi connectivity index (χ2v) is 5.94. The highest BCUT2D eigenvalue weighted by Crippen LogP contribution is 2.52. The van der Waals surface area contributed by atoms with Crippen LogP contribution in [0.15, 0.2) is 36.4 Å². The molecule has 4 rings (SSSR count). The van der Waals surface area contributed by atoms with Gasteiger partial charge in [-0.05, 0) is 6.07 Å². The van der Waals surface area contributed by atoms with Crippen molar-refractivity contribution in [1.29, 1.82) is 0 Å². The molecule has 3 heterocycles. The number of nitrogens with zero attached hydrogens (tertiary/aromatic N) is 2. The zero-order valence-corrected chi connectivity index (χ0v) is 11.8. The highest BCUT2D eigenvalue weighted by Gasteiger charge is 2.67. The van der Waals surface area contributed by atoms with Crippen molar-refractivity contribution in [2.24, 2.45) is 11.8 Å². The maximum Gasteiger partial charge on any atom is 0.310 e. The van der Waals surface area contributed by atoms with Gasteiger partial charge in [-0.25, -0.2) is 0 Å². The Labute approximate surface area is 130 Å². The molecular formula is C15H12N2O6. The van der Waals surface area contributed by atoms with Crippen molar-refractivity contribution in [3.8, 4) is 0 Å². The number of aliphatic carboxylic acids is 1. The van der Waals surface area contributed by atoms with Gasteiger partial charge in [-0.3, -0.25) is 19.7 Å². The zero-order chi connectivity index (χ0) is 16.4. The van der Waals surface area contributed by atoms with E-state index in [-0.39, 0.29) is 18.1 Å². The third kappa shape index (κ3) is 1.75. The van der Waals surface area contributed by atoms with Gasteiger partial charge in [0.1, 0.15) is 11.5 Å². The van der Waals surface area contributed by atoms with E-state index in [9.17, 15) is 24.8 Å². The summed E-state index contributed by atoms with van der Waals surface area (Å²) in [7, 11) is 0. The highest BCUT2D eigenvalue weighted by molar-refractivity contribution is 6.02. The second kappa shape index (κ2) is 4.39. The SMILES string of the molecule is O=C(O)[C@H]1[C@@H]2C=C[C@]3(CN(c4cccc([N+](=O)[O-])c4)C(=O)[C@H]13)O2. The third-order valence-corrected chi connectivity index (χ3v) is 4.74. The number of nitro benzene ring substituents is 1. The molecule has 0 aliphatic carbocycles. The van der Waals surface area contributed by atoms with E-state index in [1.54, 1.807) is 18.2 Å². The summed E-state index contributed by atoms with van der Waals surface area (Å²) in [5.74, 6) is -3.16. The molecule has 1 amide bonds. The van der Waals surface area contributed by atoms with Crippen LogP contribution in [0, 0.1) is 22.0 Å². The lowest BCUT2D eigenvalue weighted by molar-refractivity contribution is -0.384. The second-order valence-electron chi connectivity index (χ2n) is 5.94. The zero-order valence-electron chi connectivity index (χ0n) is 11.8. The minimum Gasteiger partial charge on any atom is -0.481 e. The molecule has 8 nitrogen and oxygen atoms in total. The molecule has 4 atom stereocenters. The molecule has 1 aromatic carbocycles. The molecule has 23 heavy (non-hydrogen) atoms. The summed E-state index contributed by atoms with van der Waals surface area (Å²) in [5, 5.41) is 20.3. The van der Waals surface area contributed by atoms with Crippen LogP contribution in [0.4, 0.5) is 11.4 Å². The number of rotatable bonds is 3. The fourth-order valence-corrected chi connectivity index (χ4v) is 3.77. The predicted octanol–water partition coefficient (Wildman–Crippen LogP) is 0.966. The Morgan fingerprint density at radius 2 is 2.26 bits per heavy atom. The van der Waals surface area contributed by atoms with Crippen molar-refractivity contribution in [2.75, 3.05) is 11.4 Å². The molecule has 0 aromatic heterocycles. The lowest BCUT2D eigenvalue weighted by atomic mass is 9.77. The highest BCUT2D eigenvalue weighted by atomic mass is 16.6. The largest absolute Gasteiger partial charge is 0.481 e. The number of carbonyl (C=O) groups excluding carboxylic acids is 1. The average molecular weight is 316 g/mol. The molecular weight excluding hydrogens is 304 g/mol. The first kappa shape index (κ1) is 13.9. The molecule has 118 valence electrons. The standard InChI is InChI=1S/C15H12N2O6/c18-13-12-11(14(19)20)10-4-5-15(12,23-10)7-16(13)8-2-1-3-9(6-8)17(21)22/h1-6,10-12H,7H2,(H,19,20)/t10-,11-,12-,15+/m0/s1. The van der Waals surface area contributed by atoms with E-state index in [1.807, 2.05) is 0 Å². The van der Waals surface area contributed by atoms with Crippen LogP contribution < -0.4 is 4.90 Å². The van der Waals surface area contributed by atoms with Gasteiger partial charge >= 0.3 is 5.97 Å². The topological polar surface area (TPSA) is 110 Å². The van der Waals surface area contributed by atoms with Gasteiger partial charge in [-0.1, -0.05) is 18.2 Å². The number of benzene rings is 1. The molecule has 2 fully saturated rings. The van der Waals surface area contributed by atoms with Crippen molar-refractivity contribution in [2.45, 2.75) is 11.7 Å². The van der Waals surface area contributed by atoms with Crippen LogP contribution in [0.25, 0.3) is 0 Å². The van der Waals surface area contributed by atoms with Gasteiger partial charge < -0.3 is 14.7 Å². The number of amides is 1. The smallest absolute Gasteiger partial charge is 0.310 e. The molecule has 1 spiro atoms. The van der Waals surface area contributed by atoms with E-state index in [2.05, 4.69) is 0 Å². The monoisotopic (exact) mass is 316 g/mol. The summed E-state index contributed by atoms with van der Waals surface area (Å²) in [6.07, 6.45) is 2.84. The fraction of sp³-hybridized carbons (Fsp3) is 0.333. The number of fused-ring (bicyclic) bond motifs is 1. The number of nitro groups is 1. The summed E-state index contributed by atoms with van der Waals surface area (Å²) in [6, 6.07) is 5.73. The first-order valence-electron chi connectivity index (χ1n) is 7.09. The molecule has 3 aliphatic heterocycles. The lowest BCUT2D eigenvalue weighted by Crippen LogP contribution is -2.39. The Morgan fingerprint density at radius 3 is 2.96 bits per heavy atom. The molecule has 2 bridgehead atoms. The molecule has 8 heteroatoms. The maximum absolute atomic E-state index is 12.7. The molecule has 0 radical (unpaired) electrons. The van der Waals surface area contributed by atoms with Crippen molar-refractivity contribution in [1.82, 2.24) is 0 Å². The van der Waals surface area contributed by atoms with Crippen molar-refractivity contribution >= 4 is 23.3 Å². The van der Waals surface area contributed by atoms with E-state index in [0.29, 0.717) is 5.69 Å². The number of carbonyl (C=O) groups is 2. The van der Waals surface area contributed by atoms with Crippen molar-refractivity contribution < 1.29 is 24.4 Å². The van der Waals surface area contributed by atoms with Gasteiger partial charge in [0, 0.05) is 12.1 Å². The summed E-state index contributed by atoms with van der Waals surface area (Å²) < 4.78 is 5.77. The minimum atomic E-state index is -1.07. The Morgan fingerprint density at radius 1 is 1.48 bits per heavy atom. The summed E-state index contributed by atoms with van der Waals surface area (Å²) in [5.41, 5.74) is -0.701. The third-order valence-electron chi connectivity index (χ3n) is 4.74. The Hall–Kier alpha value is -2.74. The van der Waals surface area contributed by atoms with E-state index in [4.69, 9.17) is 4.74 Å². The number of non-ortho nitro benzene ring substituents is 1. The number of carboxylic acid groups (broad SMARTS) is 1. The Bertz CT molecular complexity index is 775. The Kier molecular flexibility index (Phi) is 2.65. The number of anilines is 1. The average Bonchev–Trinajstić information content (AvgIpc) is 3.15. The van der Waals surface area contributed by atoms with E-state index in [1.165, 1.54) is 23.1 Å². The molecule has 2 saturated heterocycles. The van der Waals surface area contributed by atoms with Crippen LogP contribution in [0.5, 0.6) is 0 Å². The van der Waals surface area contributed by atoms with E-state index in [0.717, 1.165) is 0 Å². The molecule has 0 unspecified atom stereocenters. The van der Waals surface area contributed by atoms with Gasteiger partial charge in [0.05, 0.1) is 29.2 Å². The van der Waals surface area contributed by atoms with E-state index < -0.39 is 34.4 Å². The number of ether oxygens (including phenoxy) is 1. The van der Waals surface area contributed by atoms with Gasteiger partial charge in [0.15, 0.2) is 0 Å². The summed E-state index contributed by atoms with van der Waals surface area (Å²) in [6.45, 7) is 0.161. The van der Waals surface area contributed by atoms with Gasteiger partial charge in [0.25, 0.3) is 5.69 Å². The van der Waals surface area contributed by atoms with Crippen molar-refractivity contribution in [3.63, 3.8) is 0 Å². The summed E-state index contributed by atoms with van der Waals surface area (Å²) >= 11 is 0. The molecule has 1 N–H and O–H groups in total. The maximum atomic E-state index is 12.7. The number of carboxylic acids is 1. The fourth-order valence-electron chi connectivity index (χ4n) is 3.77. The van der Waals surface area contributed by atoms with E-state index >= 15 is 0 Å². The molecule has 3 aliphatic rings. The first-order valence-corrected chi connectivity index (χ1v) is 7.09. The van der Waals surface area contributed by atoms with Crippen LogP contribution in [-0.4, -0.2) is 40.2 Å². The lowest BCUT2D eigenvalue weighted by Gasteiger charge is -2.21. The van der Waals surface area contributed by atoms with Crippen LogP contribution in [0.3, 0.4) is 0 Å². The van der Waals surface area contributed by atoms with Gasteiger partial charge in [0.2, 0.25) is 5.91 Å². The minimum absolute atomic E-state index is 0.125. The number of hydrogen-bond donors (Lipinski definition) is 1. The number of hydrogen-bond acceptors (Lipinski definition) is 5. The van der Waals surface area contributed by atoms with Gasteiger partial charge in [-0.2, -0.15) is 0 Å². The quantitative estimate of drug-likeness (QED) is 0.505. The molecule has 1 aromatic rings. The normalized spacial score (nSPS) is 34.0. The van der Waals surface area contributed by atoms with Crippen LogP contribution >= 0.6 is 0 Å². The van der Waals surface area contributed by atoms with Crippen LogP contribution in [-0.2, 0) is 14.3 Å². The van der Waals surface area contributed by atoms with Crippen molar-refractivity contribution in [3.05, 3.63) is 46.5 Å². The Balaban J connectivity index is 1.73. The first-order chi connectivity index (χ1) is 10.9. The van der Waals surface area contributed by atoms with Crippen LogP contribution in [0.2, 0.25) is 0 Å². The predicted molar refractivity (Wildman–Crippen MR) is 76.8 cm³/mol. The van der Waals surface area contributed by atoms with Gasteiger partial charge in [-0.15, -0.1) is 0 Å². The van der Waals surface area contributed by atoms with Crippen LogP contribution in [0.1, 0.15) is 0 Å².